The van der Waals surface area contributed by atoms with Crippen molar-refractivity contribution in [1.29, 1.82) is 0 Å². The number of ketones is 1. The molecule has 2 aromatic carbocycles. The number of aliphatic hydroxyl groups is 1. The number of aliphatic hydroxyl groups excluding tert-OH is 1. The van der Waals surface area contributed by atoms with Crippen LogP contribution in [-0.2, 0) is 16.0 Å². The molecular weight excluding hydrogens is 404 g/mol. The van der Waals surface area contributed by atoms with Gasteiger partial charge in [-0.1, -0.05) is 24.3 Å². The lowest BCUT2D eigenvalue weighted by Crippen LogP contribution is -2.15. The zero-order valence-electron chi connectivity index (χ0n) is 17.2. The molecule has 8 heteroatoms. The van der Waals surface area contributed by atoms with E-state index in [1.165, 1.54) is 20.3 Å². The normalized spacial score (nSPS) is 10.7. The van der Waals surface area contributed by atoms with Gasteiger partial charge in [-0.15, -0.1) is 0 Å². The predicted molar refractivity (Wildman–Crippen MR) is 112 cm³/mol. The Morgan fingerprint density at radius 2 is 1.77 bits per heavy atom. The van der Waals surface area contributed by atoms with Crippen LogP contribution in [0.15, 0.2) is 51.7 Å². The Morgan fingerprint density at radius 3 is 2.42 bits per heavy atom. The number of benzene rings is 2. The lowest BCUT2D eigenvalue weighted by atomic mass is 10.0. The molecule has 31 heavy (non-hydrogen) atoms. The first-order chi connectivity index (χ1) is 15.0. The monoisotopic (exact) mass is 426 g/mol. The van der Waals surface area contributed by atoms with Gasteiger partial charge >= 0.3 is 11.6 Å². The molecule has 3 rings (SSSR count). The van der Waals surface area contributed by atoms with Gasteiger partial charge in [0.2, 0.25) is 0 Å². The van der Waals surface area contributed by atoms with Crippen molar-refractivity contribution in [1.82, 2.24) is 0 Å². The lowest BCUT2D eigenvalue weighted by Gasteiger charge is -2.09. The maximum Gasteiger partial charge on any atom is 0.347 e. The lowest BCUT2D eigenvalue weighted by molar-refractivity contribution is -0.144. The molecule has 0 aliphatic rings. The van der Waals surface area contributed by atoms with E-state index in [0.717, 1.165) is 5.56 Å². The highest BCUT2D eigenvalue weighted by Crippen LogP contribution is 2.31. The van der Waals surface area contributed by atoms with E-state index in [1.54, 1.807) is 36.4 Å². The van der Waals surface area contributed by atoms with E-state index in [0.29, 0.717) is 28.9 Å². The fourth-order valence-electron chi connectivity index (χ4n) is 3.06. The Hall–Kier alpha value is -3.65. The van der Waals surface area contributed by atoms with Crippen LogP contribution >= 0.6 is 0 Å². The summed E-state index contributed by atoms with van der Waals surface area (Å²) in [7, 11) is 2.96. The number of methoxy groups -OCH3 is 2. The maximum atomic E-state index is 12.9. The molecule has 8 nitrogen and oxygen atoms in total. The molecule has 1 aromatic heterocycles. The van der Waals surface area contributed by atoms with Crippen molar-refractivity contribution in [3.05, 3.63) is 69.6 Å². The van der Waals surface area contributed by atoms with Crippen LogP contribution < -0.4 is 15.1 Å². The van der Waals surface area contributed by atoms with Gasteiger partial charge in [0, 0.05) is 24.1 Å². The van der Waals surface area contributed by atoms with Crippen LogP contribution in [0.4, 0.5) is 0 Å². The number of carbonyl (C=O) groups excluding carboxylic acids is 2. The zero-order chi connectivity index (χ0) is 22.4. The number of ether oxygens (including phenoxy) is 3. The molecular formula is C23H22O8. The van der Waals surface area contributed by atoms with Crippen molar-refractivity contribution in [2.24, 2.45) is 0 Å². The molecule has 1 heterocycles. The van der Waals surface area contributed by atoms with Gasteiger partial charge in [-0.25, -0.2) is 4.79 Å². The van der Waals surface area contributed by atoms with Crippen LogP contribution in [0.25, 0.3) is 11.0 Å². The van der Waals surface area contributed by atoms with E-state index in [4.69, 9.17) is 23.7 Å². The van der Waals surface area contributed by atoms with Gasteiger partial charge in [-0.05, 0) is 18.1 Å². The Labute approximate surface area is 178 Å². The second kappa shape index (κ2) is 9.90. The number of hydrogen-bond donors (Lipinski definition) is 1. The molecule has 0 unspecified atom stereocenters. The van der Waals surface area contributed by atoms with Gasteiger partial charge in [-0.2, -0.15) is 0 Å². The molecule has 0 atom stereocenters. The average Bonchev–Trinajstić information content (AvgIpc) is 2.79. The van der Waals surface area contributed by atoms with Crippen LogP contribution in [0.1, 0.15) is 27.9 Å². The predicted octanol–water partition coefficient (Wildman–Crippen LogP) is 2.51. The van der Waals surface area contributed by atoms with E-state index in [9.17, 15) is 14.4 Å². The summed E-state index contributed by atoms with van der Waals surface area (Å²) in [6.45, 7) is -0.247. The number of hydrogen-bond acceptors (Lipinski definition) is 8. The van der Waals surface area contributed by atoms with Crippen LogP contribution in [0.3, 0.4) is 0 Å². The largest absolute Gasteiger partial charge is 0.496 e. The summed E-state index contributed by atoms with van der Waals surface area (Å²) < 4.78 is 20.6. The standard InChI is InChI=1S/C23H22O8/c1-28-16-11-19(29-2)17-13-18(23(27)31-20(17)12-16)22(26)15-6-3-14(4-7-15)5-8-21(25)30-10-9-24/h3-4,6-7,11-13,24H,5,8-10H2,1-2H3. The van der Waals surface area contributed by atoms with E-state index in [-0.39, 0.29) is 30.8 Å². The van der Waals surface area contributed by atoms with Crippen molar-refractivity contribution < 1.29 is 33.3 Å². The summed E-state index contributed by atoms with van der Waals surface area (Å²) in [6.07, 6.45) is 0.584. The topological polar surface area (TPSA) is 112 Å². The third-order valence-corrected chi connectivity index (χ3v) is 4.68. The molecule has 0 radical (unpaired) electrons. The second-order valence-electron chi connectivity index (χ2n) is 6.66. The van der Waals surface area contributed by atoms with Gasteiger partial charge in [0.1, 0.15) is 29.3 Å². The summed E-state index contributed by atoms with van der Waals surface area (Å²) in [5, 5.41) is 9.13. The quantitative estimate of drug-likeness (QED) is 0.316. The second-order valence-corrected chi connectivity index (χ2v) is 6.66. The number of esters is 1. The van der Waals surface area contributed by atoms with Crippen LogP contribution in [0.2, 0.25) is 0 Å². The third kappa shape index (κ3) is 5.10. The average molecular weight is 426 g/mol. The van der Waals surface area contributed by atoms with Gasteiger partial charge < -0.3 is 23.7 Å². The first-order valence-electron chi connectivity index (χ1n) is 9.56. The molecule has 0 bridgehead atoms. The van der Waals surface area contributed by atoms with Crippen molar-refractivity contribution in [3.8, 4) is 11.5 Å². The van der Waals surface area contributed by atoms with Gasteiger partial charge in [-0.3, -0.25) is 9.59 Å². The highest BCUT2D eigenvalue weighted by atomic mass is 16.5. The molecule has 0 saturated carbocycles. The van der Waals surface area contributed by atoms with Gasteiger partial charge in [0.15, 0.2) is 5.78 Å². The molecule has 162 valence electrons. The minimum absolute atomic E-state index is 0.0296. The van der Waals surface area contributed by atoms with Crippen LogP contribution in [0.5, 0.6) is 11.5 Å². The fraction of sp³-hybridized carbons (Fsp3) is 0.261. The summed E-state index contributed by atoms with van der Waals surface area (Å²) in [5.74, 6) is -0.0195. The minimum Gasteiger partial charge on any atom is -0.496 e. The summed E-state index contributed by atoms with van der Waals surface area (Å²) in [4.78, 5) is 36.9. The van der Waals surface area contributed by atoms with E-state index >= 15 is 0 Å². The summed E-state index contributed by atoms with van der Waals surface area (Å²) >= 11 is 0. The number of carbonyl (C=O) groups is 2. The van der Waals surface area contributed by atoms with E-state index < -0.39 is 17.4 Å². The van der Waals surface area contributed by atoms with Crippen molar-refractivity contribution in [2.45, 2.75) is 12.8 Å². The number of fused-ring (bicyclic) bond motifs is 1. The van der Waals surface area contributed by atoms with Crippen LogP contribution in [0, 0.1) is 0 Å². The van der Waals surface area contributed by atoms with E-state index in [1.807, 2.05) is 0 Å². The van der Waals surface area contributed by atoms with E-state index in [2.05, 4.69) is 0 Å². The van der Waals surface area contributed by atoms with Gasteiger partial charge in [0.25, 0.3) is 0 Å². The molecule has 0 saturated heterocycles. The van der Waals surface area contributed by atoms with Gasteiger partial charge in [0.05, 0.1) is 26.2 Å². The Kier molecular flexibility index (Phi) is 7.04. The van der Waals surface area contributed by atoms with Crippen LogP contribution in [-0.4, -0.2) is 44.3 Å². The first kappa shape index (κ1) is 22.0. The maximum absolute atomic E-state index is 12.9. The number of aryl methyl sites for hydroxylation is 1. The molecule has 1 N–H and O–H groups in total. The Balaban J connectivity index is 1.83. The van der Waals surface area contributed by atoms with Crippen molar-refractivity contribution >= 4 is 22.7 Å². The molecule has 0 fully saturated rings. The Bertz CT molecular complexity index is 1140. The molecule has 0 spiro atoms. The Morgan fingerprint density at radius 1 is 1.03 bits per heavy atom. The summed E-state index contributed by atoms with van der Waals surface area (Å²) in [6, 6.07) is 11.2. The smallest absolute Gasteiger partial charge is 0.347 e. The fourth-order valence-corrected chi connectivity index (χ4v) is 3.06. The number of rotatable bonds is 9. The highest BCUT2D eigenvalue weighted by molar-refractivity contribution is 6.10. The third-order valence-electron chi connectivity index (χ3n) is 4.68. The summed E-state index contributed by atoms with van der Waals surface area (Å²) in [5.41, 5.74) is 0.517. The molecule has 0 aliphatic carbocycles. The highest BCUT2D eigenvalue weighted by Gasteiger charge is 2.18. The first-order valence-corrected chi connectivity index (χ1v) is 9.56. The SMILES string of the molecule is COc1cc(OC)c2cc(C(=O)c3ccc(CCC(=O)OCCO)cc3)c(=O)oc2c1. The van der Waals surface area contributed by atoms with Crippen molar-refractivity contribution in [3.63, 3.8) is 0 Å². The van der Waals surface area contributed by atoms with Crippen molar-refractivity contribution in [2.75, 3.05) is 27.4 Å². The minimum atomic E-state index is -0.761. The molecule has 0 aliphatic heterocycles. The zero-order valence-corrected chi connectivity index (χ0v) is 17.2. The molecule has 0 amide bonds. The molecule has 3 aromatic rings.